The molecule has 45 heavy (non-hydrogen) atoms. The number of hydrogen-bond donors (Lipinski definition) is 5. The maximum absolute atomic E-state index is 12.1. The van der Waals surface area contributed by atoms with Gasteiger partial charge in [-0.15, -0.1) is 0 Å². The van der Waals surface area contributed by atoms with Crippen molar-refractivity contribution in [2.75, 3.05) is 60.6 Å². The maximum atomic E-state index is 12.1. The van der Waals surface area contributed by atoms with Gasteiger partial charge < -0.3 is 38.2 Å². The molecule has 0 saturated heterocycles. The molecule has 2 rings (SSSR count). The van der Waals surface area contributed by atoms with Crippen LogP contribution in [0.4, 0.5) is 0 Å². The Morgan fingerprint density at radius 3 is 2.07 bits per heavy atom. The average molecular weight is 687 g/mol. The highest BCUT2D eigenvalue weighted by atomic mass is 31.2. The number of ether oxygens (including phenoxy) is 3. The summed E-state index contributed by atoms with van der Waals surface area (Å²) in [6.45, 7) is 2.64. The van der Waals surface area contributed by atoms with E-state index in [2.05, 4.69) is 4.98 Å². The number of nitrogens with zero attached hydrogens (tertiary/aromatic N) is 2. The van der Waals surface area contributed by atoms with E-state index in [1.54, 1.807) is 0 Å². The summed E-state index contributed by atoms with van der Waals surface area (Å²) in [4.78, 5) is 80.1. The van der Waals surface area contributed by atoms with Crippen molar-refractivity contribution in [1.82, 2.24) is 19.1 Å². The minimum Gasteiger partial charge on any atom is -0.392 e. The molecular formula is C24H40N4O15P2. The van der Waals surface area contributed by atoms with Crippen LogP contribution in [0.2, 0.25) is 0 Å². The first-order valence-electron chi connectivity index (χ1n) is 13.2. The lowest BCUT2D eigenvalue weighted by atomic mass is 10.0. The molecule has 256 valence electrons. The Morgan fingerprint density at radius 1 is 0.933 bits per heavy atom. The Hall–Kier alpha value is -2.83. The first-order valence-corrected chi connectivity index (χ1v) is 17.2. The first kappa shape index (κ1) is 40.2. The molecule has 5 atom stereocenters. The van der Waals surface area contributed by atoms with Crippen LogP contribution in [0.25, 0.3) is 0 Å². The highest BCUT2D eigenvalue weighted by molar-refractivity contribution is 7.52. The lowest BCUT2D eigenvalue weighted by Gasteiger charge is -2.24. The fourth-order valence-corrected chi connectivity index (χ4v) is 4.49. The van der Waals surface area contributed by atoms with Crippen LogP contribution in [0.3, 0.4) is 0 Å². The van der Waals surface area contributed by atoms with Crippen molar-refractivity contribution in [2.45, 2.75) is 32.2 Å². The van der Waals surface area contributed by atoms with E-state index in [4.69, 9.17) is 33.0 Å². The van der Waals surface area contributed by atoms with Gasteiger partial charge in [0.2, 0.25) is 0 Å². The van der Waals surface area contributed by atoms with E-state index in [0.717, 1.165) is 28.5 Å². The third-order valence-electron chi connectivity index (χ3n) is 5.52. The molecule has 0 aliphatic carbocycles. The van der Waals surface area contributed by atoms with Crippen molar-refractivity contribution in [2.24, 2.45) is 5.92 Å². The summed E-state index contributed by atoms with van der Waals surface area (Å²) in [5.41, 5.74) is -2.18. The molecule has 2 heterocycles. The second-order valence-electron chi connectivity index (χ2n) is 9.83. The van der Waals surface area contributed by atoms with Crippen LogP contribution < -0.4 is 22.5 Å². The molecule has 0 bridgehead atoms. The standard InChI is InChI=1S/C13H21N2O7P.C11H19N2O8P/c1-9-5-15(13(18)14-12(9)17)6-11(16)4-10(7-21-2)8-22-23(3,19)20;1-19-6-8(7-20-22(2,17)18)21-10(5-14)13-4-3-9(15)12-11(13)16/h5,10H,4,6-8H2,1-3H3,(H,19,20)(H,14,17,18);3-4,8,10,14H,5-7H2,1-2H3,(H,17,18)(H,12,15,16)/t10-;8-,10-/m01/s1. The molecule has 0 aliphatic rings. The van der Waals surface area contributed by atoms with Gasteiger partial charge in [-0.3, -0.25) is 42.6 Å². The van der Waals surface area contributed by atoms with Gasteiger partial charge in [-0.2, -0.15) is 0 Å². The zero-order chi connectivity index (χ0) is 34.4. The Morgan fingerprint density at radius 2 is 1.53 bits per heavy atom. The summed E-state index contributed by atoms with van der Waals surface area (Å²) in [7, 11) is -4.50. The summed E-state index contributed by atoms with van der Waals surface area (Å²) in [6, 6.07) is 1.10. The predicted molar refractivity (Wildman–Crippen MR) is 159 cm³/mol. The Kier molecular flexibility index (Phi) is 16.9. The van der Waals surface area contributed by atoms with E-state index in [0.29, 0.717) is 5.56 Å². The molecule has 2 unspecified atom stereocenters. The van der Waals surface area contributed by atoms with Gasteiger partial charge in [0.1, 0.15) is 6.10 Å². The maximum Gasteiger partial charge on any atom is 0.330 e. The number of aromatic amines is 2. The topological polar surface area (TPSA) is 268 Å². The van der Waals surface area contributed by atoms with Crippen molar-refractivity contribution >= 4 is 21.0 Å². The normalized spacial score (nSPS) is 16.0. The highest BCUT2D eigenvalue weighted by Gasteiger charge is 2.22. The fraction of sp³-hybridized carbons (Fsp3) is 0.625. The number of hydrogen-bond acceptors (Lipinski definition) is 13. The number of carbonyl (C=O) groups excluding carboxylic acids is 1. The van der Waals surface area contributed by atoms with Crippen LogP contribution in [0, 0.1) is 12.8 Å². The van der Waals surface area contributed by atoms with E-state index in [-0.39, 0.29) is 45.2 Å². The minimum atomic E-state index is -3.70. The van der Waals surface area contributed by atoms with Gasteiger partial charge in [0, 0.05) is 63.9 Å². The van der Waals surface area contributed by atoms with Gasteiger partial charge >= 0.3 is 26.6 Å². The van der Waals surface area contributed by atoms with E-state index in [9.17, 15) is 38.2 Å². The molecule has 0 radical (unpaired) electrons. The van der Waals surface area contributed by atoms with Crippen LogP contribution in [0.5, 0.6) is 0 Å². The quantitative estimate of drug-likeness (QED) is 0.115. The summed E-state index contributed by atoms with van der Waals surface area (Å²) in [6.07, 6.45) is 0.584. The molecule has 5 N–H and O–H groups in total. The summed E-state index contributed by atoms with van der Waals surface area (Å²) in [5, 5.41) is 9.36. The number of methoxy groups -OCH3 is 2. The third kappa shape index (κ3) is 16.3. The van der Waals surface area contributed by atoms with E-state index < -0.39 is 62.5 Å². The van der Waals surface area contributed by atoms with Crippen LogP contribution in [-0.2, 0) is 43.7 Å². The van der Waals surface area contributed by atoms with Gasteiger partial charge in [-0.1, -0.05) is 0 Å². The minimum absolute atomic E-state index is 0.00854. The SMILES string of the molecule is COC[C@@H](COP(C)(=O)O)CC(=O)Cn1cc(C)c(=O)[nH]c1=O.COC[C@H](COP(C)(=O)O)O[C@H](CO)n1ccc(=O)[nH]c1=O. The second kappa shape index (κ2) is 19.0. The van der Waals surface area contributed by atoms with Crippen molar-refractivity contribution in [3.8, 4) is 0 Å². The lowest BCUT2D eigenvalue weighted by Crippen LogP contribution is -2.37. The number of H-pyrrole nitrogens is 2. The zero-order valence-corrected chi connectivity index (χ0v) is 27.2. The van der Waals surface area contributed by atoms with Gasteiger partial charge in [-0.05, 0) is 6.92 Å². The molecule has 0 amide bonds. The van der Waals surface area contributed by atoms with Gasteiger partial charge in [-0.25, -0.2) is 9.59 Å². The Bertz CT molecular complexity index is 1550. The summed E-state index contributed by atoms with van der Waals surface area (Å²) >= 11 is 0. The monoisotopic (exact) mass is 686 g/mol. The van der Waals surface area contributed by atoms with Gasteiger partial charge in [0.25, 0.3) is 11.1 Å². The van der Waals surface area contributed by atoms with Crippen molar-refractivity contribution < 1.29 is 52.1 Å². The number of aliphatic hydroxyl groups excluding tert-OH is 1. The van der Waals surface area contributed by atoms with Crippen molar-refractivity contribution in [3.63, 3.8) is 0 Å². The van der Waals surface area contributed by atoms with E-state index in [1.807, 2.05) is 4.98 Å². The van der Waals surface area contributed by atoms with Crippen LogP contribution in [-0.4, -0.2) is 106 Å². The third-order valence-corrected chi connectivity index (χ3v) is 6.78. The van der Waals surface area contributed by atoms with Crippen LogP contribution >= 0.6 is 15.2 Å². The smallest absolute Gasteiger partial charge is 0.330 e. The number of rotatable bonds is 18. The number of aliphatic hydroxyl groups is 1. The Labute approximate surface area is 256 Å². The van der Waals surface area contributed by atoms with Gasteiger partial charge in [0.05, 0.1) is 39.6 Å². The Balaban J connectivity index is 0.000000450. The number of ketones is 1. The highest BCUT2D eigenvalue weighted by Crippen LogP contribution is 2.37. The van der Waals surface area contributed by atoms with E-state index >= 15 is 0 Å². The first-order chi connectivity index (χ1) is 20.9. The van der Waals surface area contributed by atoms with Crippen LogP contribution in [0.1, 0.15) is 18.2 Å². The number of aromatic nitrogens is 4. The predicted octanol–water partition coefficient (Wildman–Crippen LogP) is -1.21. The number of carbonyl (C=O) groups is 1. The number of Topliss-reactive ketones (excluding diaryl/α,β-unsaturated/α-hetero) is 1. The molecule has 0 aromatic carbocycles. The van der Waals surface area contributed by atoms with Crippen LogP contribution in [0.15, 0.2) is 37.6 Å². The number of aryl methyl sites for hydroxylation is 1. The molecule has 19 nitrogen and oxygen atoms in total. The van der Waals surface area contributed by atoms with E-state index in [1.165, 1.54) is 33.5 Å². The summed E-state index contributed by atoms with van der Waals surface area (Å²) in [5.74, 6) is -0.694. The van der Waals surface area contributed by atoms with Crippen molar-refractivity contribution in [3.05, 3.63) is 65.7 Å². The average Bonchev–Trinajstić information content (AvgIpc) is 2.92. The zero-order valence-electron chi connectivity index (χ0n) is 25.4. The molecule has 21 heteroatoms. The molecule has 0 fully saturated rings. The molecule has 2 aromatic rings. The molecule has 0 spiro atoms. The largest absolute Gasteiger partial charge is 0.392 e. The number of nitrogens with one attached hydrogen (secondary N) is 2. The van der Waals surface area contributed by atoms with Crippen molar-refractivity contribution in [1.29, 1.82) is 0 Å². The summed E-state index contributed by atoms with van der Waals surface area (Å²) < 4.78 is 49.2. The van der Waals surface area contributed by atoms with Gasteiger partial charge in [0.15, 0.2) is 12.0 Å². The molecule has 2 aromatic heterocycles. The second-order valence-corrected chi connectivity index (χ2v) is 13.6. The fourth-order valence-electron chi connectivity index (χ4n) is 3.56. The molecule has 0 saturated carbocycles. The lowest BCUT2D eigenvalue weighted by molar-refractivity contribution is -0.121. The molecular weight excluding hydrogens is 646 g/mol. The molecule has 0 aliphatic heterocycles.